The molecule has 1 aromatic carbocycles. The summed E-state index contributed by atoms with van der Waals surface area (Å²) in [5.74, 6) is 0. The van der Waals surface area contributed by atoms with E-state index < -0.39 is 10.1 Å². The van der Waals surface area contributed by atoms with E-state index in [0.717, 1.165) is 5.69 Å². The Morgan fingerprint density at radius 1 is 1.21 bits per heavy atom. The van der Waals surface area contributed by atoms with E-state index in [1.807, 2.05) is 27.2 Å². The average Bonchev–Trinajstić information content (AvgIpc) is 2.01. The highest BCUT2D eigenvalue weighted by molar-refractivity contribution is 7.85. The molecule has 0 radical (unpaired) electrons. The molecule has 0 fully saturated rings. The molecule has 1 N–H and O–H groups in total. The molecule has 0 unspecified atom stereocenters. The van der Waals surface area contributed by atoms with Gasteiger partial charge in [0.25, 0.3) is 10.1 Å². The predicted octanol–water partition coefficient (Wildman–Crippen LogP) is 1.13. The molecule has 5 heteroatoms. The lowest BCUT2D eigenvalue weighted by atomic mass is 10.3. The van der Waals surface area contributed by atoms with Gasteiger partial charge in [0.2, 0.25) is 0 Å². The van der Waals surface area contributed by atoms with Gasteiger partial charge < -0.3 is 0 Å². The summed E-state index contributed by atoms with van der Waals surface area (Å²) in [6, 6.07) is 6.26. The van der Waals surface area contributed by atoms with Crippen molar-refractivity contribution in [1.82, 2.24) is 4.48 Å². The number of quaternary nitrogens is 1. The monoisotopic (exact) mass is 216 g/mol. The Morgan fingerprint density at radius 3 is 2.21 bits per heavy atom. The van der Waals surface area contributed by atoms with E-state index in [0.29, 0.717) is 4.48 Å². The van der Waals surface area contributed by atoms with Gasteiger partial charge in [0.1, 0.15) is 5.69 Å². The lowest BCUT2D eigenvalue weighted by molar-refractivity contribution is 0.477. The van der Waals surface area contributed by atoms with Crippen molar-refractivity contribution >= 4 is 15.8 Å². The zero-order chi connectivity index (χ0) is 11.0. The zero-order valence-electron chi connectivity index (χ0n) is 8.43. The lowest BCUT2D eigenvalue weighted by Crippen LogP contribution is -2.34. The molecule has 0 aliphatic rings. The summed E-state index contributed by atoms with van der Waals surface area (Å²) in [7, 11) is 1.66. The minimum atomic E-state index is -4.10. The van der Waals surface area contributed by atoms with Gasteiger partial charge in [-0.15, -0.1) is 0 Å². The van der Waals surface area contributed by atoms with Crippen LogP contribution in [0.2, 0.25) is 0 Å². The van der Waals surface area contributed by atoms with E-state index in [4.69, 9.17) is 4.55 Å². The molecule has 0 aliphatic carbocycles. The molecule has 0 aromatic heterocycles. The number of rotatable bonds is 2. The maximum atomic E-state index is 10.9. The van der Waals surface area contributed by atoms with Gasteiger partial charge in [-0.05, 0) is 12.1 Å². The van der Waals surface area contributed by atoms with Crippen LogP contribution >= 0.6 is 0 Å². The molecule has 0 saturated carbocycles. The van der Waals surface area contributed by atoms with Gasteiger partial charge in [0.05, 0.1) is 26.0 Å². The van der Waals surface area contributed by atoms with Crippen molar-refractivity contribution in [3.63, 3.8) is 0 Å². The third kappa shape index (κ3) is 2.54. The molecule has 0 bridgehead atoms. The molecule has 0 saturated heterocycles. The Balaban J connectivity index is 3.29. The van der Waals surface area contributed by atoms with Gasteiger partial charge in [-0.2, -0.15) is 8.42 Å². The average molecular weight is 216 g/mol. The number of hydrogen-bond acceptors (Lipinski definition) is 2. The van der Waals surface area contributed by atoms with Crippen molar-refractivity contribution < 1.29 is 13.0 Å². The first-order valence-electron chi connectivity index (χ1n) is 4.11. The molecule has 1 rings (SSSR count). The molecule has 4 nitrogen and oxygen atoms in total. The van der Waals surface area contributed by atoms with Crippen molar-refractivity contribution in [3.05, 3.63) is 24.3 Å². The predicted molar refractivity (Wildman–Crippen MR) is 55.8 cm³/mol. The zero-order valence-corrected chi connectivity index (χ0v) is 9.25. The molecule has 0 heterocycles. The van der Waals surface area contributed by atoms with Crippen molar-refractivity contribution in [2.75, 3.05) is 21.1 Å². The van der Waals surface area contributed by atoms with Crippen molar-refractivity contribution in [3.8, 4) is 0 Å². The highest BCUT2D eigenvalue weighted by atomic mass is 32.2. The highest BCUT2D eigenvalue weighted by Crippen LogP contribution is 2.20. The lowest BCUT2D eigenvalue weighted by Gasteiger charge is -2.23. The summed E-state index contributed by atoms with van der Waals surface area (Å²) < 4.78 is 31.1. The summed E-state index contributed by atoms with van der Waals surface area (Å²) in [6.45, 7) is 0. The summed E-state index contributed by atoms with van der Waals surface area (Å²) in [6.07, 6.45) is 0. The van der Waals surface area contributed by atoms with Crippen LogP contribution in [0.4, 0.5) is 5.69 Å². The molecular formula is C9H14NO3S+. The van der Waals surface area contributed by atoms with Crippen LogP contribution in [-0.4, -0.2) is 34.1 Å². The molecule has 0 aliphatic heterocycles. The topological polar surface area (TPSA) is 54.4 Å². The van der Waals surface area contributed by atoms with Gasteiger partial charge in [-0.25, -0.2) is 0 Å². The number of nitrogens with zero attached hydrogens (tertiary/aromatic N) is 1. The van der Waals surface area contributed by atoms with Gasteiger partial charge in [-0.3, -0.25) is 9.04 Å². The van der Waals surface area contributed by atoms with E-state index >= 15 is 0 Å². The Morgan fingerprint density at radius 2 is 1.79 bits per heavy atom. The van der Waals surface area contributed by atoms with Gasteiger partial charge in [0, 0.05) is 6.07 Å². The maximum absolute atomic E-state index is 10.9. The van der Waals surface area contributed by atoms with E-state index in [-0.39, 0.29) is 4.90 Å². The maximum Gasteiger partial charge on any atom is 0.294 e. The Hall–Kier alpha value is -0.910. The molecule has 0 spiro atoms. The van der Waals surface area contributed by atoms with E-state index in [1.165, 1.54) is 12.1 Å². The molecule has 0 atom stereocenters. The second-order valence-electron chi connectivity index (χ2n) is 3.98. The third-order valence-corrected chi connectivity index (χ3v) is 2.74. The minimum absolute atomic E-state index is 0.0666. The van der Waals surface area contributed by atoms with E-state index in [2.05, 4.69) is 0 Å². The Bertz CT molecular complexity index is 432. The molecule has 14 heavy (non-hydrogen) atoms. The second kappa shape index (κ2) is 3.34. The van der Waals surface area contributed by atoms with Gasteiger partial charge in [0.15, 0.2) is 0 Å². The summed E-state index contributed by atoms with van der Waals surface area (Å²) >= 11 is 0. The van der Waals surface area contributed by atoms with Crippen LogP contribution in [0.1, 0.15) is 0 Å². The fourth-order valence-corrected chi connectivity index (χ4v) is 1.58. The fraction of sp³-hybridized carbons (Fsp3) is 0.333. The van der Waals surface area contributed by atoms with Gasteiger partial charge >= 0.3 is 0 Å². The van der Waals surface area contributed by atoms with E-state index in [1.54, 1.807) is 6.07 Å². The van der Waals surface area contributed by atoms with Crippen LogP contribution < -0.4 is 4.48 Å². The van der Waals surface area contributed by atoms with E-state index in [9.17, 15) is 8.42 Å². The Labute approximate surface area is 84.1 Å². The van der Waals surface area contributed by atoms with Crippen LogP contribution in [0, 0.1) is 0 Å². The highest BCUT2D eigenvalue weighted by Gasteiger charge is 2.16. The first-order chi connectivity index (χ1) is 6.21. The molecule has 1 aromatic rings. The van der Waals surface area contributed by atoms with Crippen molar-refractivity contribution in [2.45, 2.75) is 4.90 Å². The molecular weight excluding hydrogens is 202 g/mol. The smallest absolute Gasteiger partial charge is 0.294 e. The summed E-state index contributed by atoms with van der Waals surface area (Å²) in [5.41, 5.74) is 0.820. The van der Waals surface area contributed by atoms with Crippen LogP contribution in [-0.2, 0) is 10.1 Å². The first kappa shape index (κ1) is 11.2. The van der Waals surface area contributed by atoms with Crippen molar-refractivity contribution in [1.29, 1.82) is 0 Å². The SMILES string of the molecule is C[N+](C)(C)c1cccc(S(=O)(=O)O)c1. The number of benzene rings is 1. The minimum Gasteiger partial charge on any atom is -0.298 e. The summed E-state index contributed by atoms with van der Waals surface area (Å²) in [4.78, 5) is -0.0666. The quantitative estimate of drug-likeness (QED) is 0.595. The largest absolute Gasteiger partial charge is 0.298 e. The molecule has 0 amide bonds. The van der Waals surface area contributed by atoms with Gasteiger partial charge in [-0.1, -0.05) is 6.07 Å². The van der Waals surface area contributed by atoms with Crippen LogP contribution in [0.3, 0.4) is 0 Å². The van der Waals surface area contributed by atoms with Crippen LogP contribution in [0.15, 0.2) is 29.2 Å². The Kier molecular flexibility index (Phi) is 2.67. The summed E-state index contributed by atoms with van der Waals surface area (Å²) in [5, 5.41) is 0. The van der Waals surface area contributed by atoms with Crippen LogP contribution in [0.5, 0.6) is 0 Å². The molecule has 78 valence electrons. The van der Waals surface area contributed by atoms with Crippen LogP contribution in [0.25, 0.3) is 0 Å². The van der Waals surface area contributed by atoms with Crippen molar-refractivity contribution in [2.24, 2.45) is 0 Å². The standard InChI is InChI=1S/C9H13NO3S/c1-10(2,3)8-5-4-6-9(7-8)14(11,12)13/h4-7H,1-3H3/p+1. The fourth-order valence-electron chi connectivity index (χ4n) is 1.06. The second-order valence-corrected chi connectivity index (χ2v) is 5.41. The third-order valence-electron chi connectivity index (χ3n) is 1.89. The normalized spacial score (nSPS) is 12.9. The number of hydrogen-bond donors (Lipinski definition) is 1. The first-order valence-corrected chi connectivity index (χ1v) is 5.55.